The Labute approximate surface area is 120 Å². The van der Waals surface area contributed by atoms with Gasteiger partial charge >= 0.3 is 0 Å². The van der Waals surface area contributed by atoms with Crippen LogP contribution in [0.5, 0.6) is 0 Å². The Hall–Kier alpha value is -0.910. The SMILES string of the molecule is CCCNC1CCC2(CC1n1cc(C)cn1)OCCO2. The summed E-state index contributed by atoms with van der Waals surface area (Å²) in [6, 6.07) is 0.759. The second-order valence-electron chi connectivity index (χ2n) is 5.98. The second kappa shape index (κ2) is 5.84. The summed E-state index contributed by atoms with van der Waals surface area (Å²) >= 11 is 0. The van der Waals surface area contributed by atoms with Crippen LogP contribution in [0.3, 0.4) is 0 Å². The van der Waals surface area contributed by atoms with Crippen molar-refractivity contribution in [3.8, 4) is 0 Å². The predicted molar refractivity (Wildman–Crippen MR) is 76.6 cm³/mol. The molecule has 1 saturated heterocycles. The maximum atomic E-state index is 5.90. The third kappa shape index (κ3) is 2.75. The van der Waals surface area contributed by atoms with Gasteiger partial charge in [-0.15, -0.1) is 0 Å². The Morgan fingerprint density at radius 1 is 1.45 bits per heavy atom. The zero-order valence-corrected chi connectivity index (χ0v) is 12.5. The Bertz CT molecular complexity index is 440. The summed E-state index contributed by atoms with van der Waals surface area (Å²) in [4.78, 5) is 0. The van der Waals surface area contributed by atoms with Crippen molar-refractivity contribution in [3.63, 3.8) is 0 Å². The summed E-state index contributed by atoms with van der Waals surface area (Å²) in [5, 5.41) is 8.18. The summed E-state index contributed by atoms with van der Waals surface area (Å²) in [5.41, 5.74) is 1.20. The van der Waals surface area contributed by atoms with Crippen LogP contribution in [-0.4, -0.2) is 41.4 Å². The van der Waals surface area contributed by atoms with E-state index in [1.807, 2.05) is 6.20 Å². The first-order chi connectivity index (χ1) is 9.72. The lowest BCUT2D eigenvalue weighted by Crippen LogP contribution is -2.49. The molecule has 2 unspecified atom stereocenters. The van der Waals surface area contributed by atoms with E-state index in [0.29, 0.717) is 12.1 Å². The Morgan fingerprint density at radius 2 is 2.25 bits per heavy atom. The molecule has 2 heterocycles. The van der Waals surface area contributed by atoms with Gasteiger partial charge in [-0.1, -0.05) is 6.92 Å². The van der Waals surface area contributed by atoms with Crippen molar-refractivity contribution < 1.29 is 9.47 Å². The molecule has 1 aliphatic heterocycles. The minimum absolute atomic E-state index is 0.307. The monoisotopic (exact) mass is 279 g/mol. The molecule has 1 aliphatic carbocycles. The topological polar surface area (TPSA) is 48.3 Å². The van der Waals surface area contributed by atoms with Crippen molar-refractivity contribution >= 4 is 0 Å². The predicted octanol–water partition coefficient (Wildman–Crippen LogP) is 2.03. The molecular weight excluding hydrogens is 254 g/mol. The van der Waals surface area contributed by atoms with E-state index in [-0.39, 0.29) is 5.79 Å². The first kappa shape index (κ1) is 14.0. The third-order valence-electron chi connectivity index (χ3n) is 4.36. The Balaban J connectivity index is 1.78. The van der Waals surface area contributed by atoms with Gasteiger partial charge in [0.15, 0.2) is 5.79 Å². The van der Waals surface area contributed by atoms with Gasteiger partial charge in [0.2, 0.25) is 0 Å². The van der Waals surface area contributed by atoms with E-state index < -0.39 is 0 Å². The van der Waals surface area contributed by atoms with Gasteiger partial charge in [0.1, 0.15) is 0 Å². The molecule has 0 amide bonds. The van der Waals surface area contributed by atoms with Crippen molar-refractivity contribution in [3.05, 3.63) is 18.0 Å². The molecule has 5 heteroatoms. The third-order valence-corrected chi connectivity index (χ3v) is 4.36. The van der Waals surface area contributed by atoms with Crippen LogP contribution in [-0.2, 0) is 9.47 Å². The summed E-state index contributed by atoms with van der Waals surface area (Å²) in [5.74, 6) is -0.366. The average molecular weight is 279 g/mol. The molecule has 0 bridgehead atoms. The van der Waals surface area contributed by atoms with Crippen LogP contribution in [0, 0.1) is 6.92 Å². The quantitative estimate of drug-likeness (QED) is 0.916. The van der Waals surface area contributed by atoms with Crippen molar-refractivity contribution in [2.45, 2.75) is 57.4 Å². The highest BCUT2D eigenvalue weighted by Gasteiger charge is 2.45. The molecule has 1 saturated carbocycles. The van der Waals surface area contributed by atoms with E-state index in [0.717, 1.165) is 45.4 Å². The highest BCUT2D eigenvalue weighted by molar-refractivity contribution is 5.03. The molecule has 20 heavy (non-hydrogen) atoms. The van der Waals surface area contributed by atoms with Crippen LogP contribution >= 0.6 is 0 Å². The molecular formula is C15H25N3O2. The number of hydrogen-bond acceptors (Lipinski definition) is 4. The van der Waals surface area contributed by atoms with E-state index in [4.69, 9.17) is 9.47 Å². The van der Waals surface area contributed by atoms with Crippen molar-refractivity contribution in [2.24, 2.45) is 0 Å². The number of nitrogens with one attached hydrogen (secondary N) is 1. The maximum Gasteiger partial charge on any atom is 0.170 e. The fourth-order valence-electron chi connectivity index (χ4n) is 3.35. The van der Waals surface area contributed by atoms with Gasteiger partial charge in [0, 0.05) is 25.1 Å². The van der Waals surface area contributed by atoms with Gasteiger partial charge in [-0.3, -0.25) is 4.68 Å². The van der Waals surface area contributed by atoms with Crippen LogP contribution in [0.1, 0.15) is 44.2 Å². The number of ether oxygens (including phenoxy) is 2. The number of aromatic nitrogens is 2. The largest absolute Gasteiger partial charge is 0.347 e. The van der Waals surface area contributed by atoms with E-state index in [9.17, 15) is 0 Å². The van der Waals surface area contributed by atoms with Crippen LogP contribution in [0.15, 0.2) is 12.4 Å². The molecule has 3 rings (SSSR count). The fourth-order valence-corrected chi connectivity index (χ4v) is 3.35. The molecule has 1 aromatic heterocycles. The number of rotatable bonds is 4. The number of hydrogen-bond donors (Lipinski definition) is 1. The smallest absolute Gasteiger partial charge is 0.170 e. The van der Waals surface area contributed by atoms with Crippen LogP contribution in [0.25, 0.3) is 0 Å². The van der Waals surface area contributed by atoms with Gasteiger partial charge in [-0.2, -0.15) is 5.10 Å². The van der Waals surface area contributed by atoms with Gasteiger partial charge in [0.05, 0.1) is 25.5 Å². The highest BCUT2D eigenvalue weighted by atomic mass is 16.7. The lowest BCUT2D eigenvalue weighted by Gasteiger charge is -2.41. The zero-order chi connectivity index (χ0) is 14.0. The average Bonchev–Trinajstić information content (AvgIpc) is 3.07. The van der Waals surface area contributed by atoms with Crippen LogP contribution in [0.4, 0.5) is 0 Å². The Kier molecular flexibility index (Phi) is 4.10. The normalized spacial score (nSPS) is 29.1. The van der Waals surface area contributed by atoms with E-state index >= 15 is 0 Å². The molecule has 2 atom stereocenters. The number of aryl methyl sites for hydroxylation is 1. The molecule has 2 fully saturated rings. The Morgan fingerprint density at radius 3 is 2.90 bits per heavy atom. The first-order valence-corrected chi connectivity index (χ1v) is 7.74. The molecule has 1 aromatic rings. The van der Waals surface area contributed by atoms with Crippen molar-refractivity contribution in [1.29, 1.82) is 0 Å². The van der Waals surface area contributed by atoms with E-state index in [1.54, 1.807) is 0 Å². The minimum atomic E-state index is -0.366. The first-order valence-electron chi connectivity index (χ1n) is 7.74. The number of nitrogens with zero attached hydrogens (tertiary/aromatic N) is 2. The summed E-state index contributed by atoms with van der Waals surface area (Å²) in [7, 11) is 0. The minimum Gasteiger partial charge on any atom is -0.347 e. The van der Waals surface area contributed by atoms with E-state index in [1.165, 1.54) is 5.56 Å². The van der Waals surface area contributed by atoms with Gasteiger partial charge < -0.3 is 14.8 Å². The summed E-state index contributed by atoms with van der Waals surface area (Å²) in [6.07, 6.45) is 8.14. The second-order valence-corrected chi connectivity index (χ2v) is 5.98. The summed E-state index contributed by atoms with van der Waals surface area (Å²) in [6.45, 7) is 6.78. The molecule has 1 spiro atoms. The van der Waals surface area contributed by atoms with Gasteiger partial charge in [0.25, 0.3) is 0 Å². The highest BCUT2D eigenvalue weighted by Crippen LogP contribution is 2.40. The van der Waals surface area contributed by atoms with Crippen molar-refractivity contribution in [1.82, 2.24) is 15.1 Å². The molecule has 0 aromatic carbocycles. The fraction of sp³-hybridized carbons (Fsp3) is 0.800. The standard InChI is InChI=1S/C15H25N3O2/c1-3-6-16-13-4-5-15(19-7-8-20-15)9-14(13)18-11-12(2)10-17-18/h10-11,13-14,16H,3-9H2,1-2H3. The molecule has 5 nitrogen and oxygen atoms in total. The van der Waals surface area contributed by atoms with Gasteiger partial charge in [-0.05, 0) is 31.9 Å². The molecule has 112 valence electrons. The van der Waals surface area contributed by atoms with Crippen LogP contribution < -0.4 is 5.32 Å². The lowest BCUT2D eigenvalue weighted by atomic mass is 9.85. The summed E-state index contributed by atoms with van der Waals surface area (Å²) < 4.78 is 13.9. The lowest BCUT2D eigenvalue weighted by molar-refractivity contribution is -0.189. The van der Waals surface area contributed by atoms with Gasteiger partial charge in [-0.25, -0.2) is 0 Å². The van der Waals surface area contributed by atoms with Crippen molar-refractivity contribution in [2.75, 3.05) is 19.8 Å². The van der Waals surface area contributed by atoms with E-state index in [2.05, 4.69) is 35.1 Å². The molecule has 2 aliphatic rings. The maximum absolute atomic E-state index is 5.90. The molecule has 0 radical (unpaired) electrons. The molecule has 1 N–H and O–H groups in total. The zero-order valence-electron chi connectivity index (χ0n) is 12.5. The van der Waals surface area contributed by atoms with Crippen LogP contribution in [0.2, 0.25) is 0 Å².